The fraction of sp³-hybridized carbons (Fsp3) is 0.211. The maximum atomic E-state index is 10.9. The molecule has 0 saturated carbocycles. The maximum Gasteiger partial charge on any atom is 0.335 e. The van der Waals surface area contributed by atoms with E-state index in [0.29, 0.717) is 24.0 Å². The van der Waals surface area contributed by atoms with Gasteiger partial charge in [-0.1, -0.05) is 13.3 Å². The lowest BCUT2D eigenvalue weighted by atomic mass is 10.1. The monoisotopic (exact) mass is 338 g/mol. The molecule has 0 fully saturated rings. The van der Waals surface area contributed by atoms with Gasteiger partial charge >= 0.3 is 5.97 Å². The molecule has 0 radical (unpaired) electrons. The van der Waals surface area contributed by atoms with E-state index in [1.165, 1.54) is 12.1 Å². The Morgan fingerprint density at radius 2 is 1.56 bits per heavy atom. The molecule has 3 rings (SSSR count). The number of carboxylic acid groups (broad SMARTS) is 1. The number of ether oxygens (including phenoxy) is 1. The molecule has 25 heavy (non-hydrogen) atoms. The van der Waals surface area contributed by atoms with Crippen molar-refractivity contribution in [3.05, 3.63) is 54.1 Å². The van der Waals surface area contributed by atoms with Gasteiger partial charge in [-0.3, -0.25) is 0 Å². The first kappa shape index (κ1) is 16.7. The minimum atomic E-state index is -0.973. The van der Waals surface area contributed by atoms with Gasteiger partial charge in [0.25, 0.3) is 0 Å². The summed E-state index contributed by atoms with van der Waals surface area (Å²) >= 11 is 0. The second-order valence-corrected chi connectivity index (χ2v) is 5.52. The first-order chi connectivity index (χ1) is 12.2. The molecular weight excluding hydrogens is 320 g/mol. The van der Waals surface area contributed by atoms with Crippen LogP contribution in [0.2, 0.25) is 0 Å². The van der Waals surface area contributed by atoms with Crippen molar-refractivity contribution in [2.24, 2.45) is 0 Å². The number of aromatic carboxylic acids is 1. The third kappa shape index (κ3) is 4.03. The van der Waals surface area contributed by atoms with Crippen LogP contribution in [0.3, 0.4) is 0 Å². The second kappa shape index (κ2) is 7.61. The van der Waals surface area contributed by atoms with Crippen LogP contribution in [-0.4, -0.2) is 27.9 Å². The Morgan fingerprint density at radius 3 is 2.08 bits per heavy atom. The molecule has 6 nitrogen and oxygen atoms in total. The van der Waals surface area contributed by atoms with Crippen molar-refractivity contribution < 1.29 is 19.1 Å². The summed E-state index contributed by atoms with van der Waals surface area (Å²) in [5, 5.41) is 17.0. The molecule has 0 aliphatic heterocycles. The van der Waals surface area contributed by atoms with E-state index in [4.69, 9.17) is 14.3 Å². The highest BCUT2D eigenvalue weighted by molar-refractivity contribution is 5.88. The number of unbranched alkanes of at least 4 members (excludes halogenated alkanes) is 1. The van der Waals surface area contributed by atoms with Crippen LogP contribution in [0.5, 0.6) is 5.75 Å². The summed E-state index contributed by atoms with van der Waals surface area (Å²) in [6.45, 7) is 2.82. The topological polar surface area (TPSA) is 85.5 Å². The summed E-state index contributed by atoms with van der Waals surface area (Å²) in [6, 6.07) is 13.8. The molecule has 6 heteroatoms. The second-order valence-electron chi connectivity index (χ2n) is 5.52. The van der Waals surface area contributed by atoms with Crippen molar-refractivity contribution in [2.75, 3.05) is 6.61 Å². The average Bonchev–Trinajstić information content (AvgIpc) is 3.13. The highest BCUT2D eigenvalue weighted by Crippen LogP contribution is 2.25. The molecule has 1 heterocycles. The Labute approximate surface area is 145 Å². The smallest absolute Gasteiger partial charge is 0.335 e. The Hall–Kier alpha value is -3.15. The molecule has 2 aromatic carbocycles. The van der Waals surface area contributed by atoms with E-state index in [-0.39, 0.29) is 5.56 Å². The highest BCUT2D eigenvalue weighted by Gasteiger charge is 2.11. The summed E-state index contributed by atoms with van der Waals surface area (Å²) in [6.07, 6.45) is 2.12. The highest BCUT2D eigenvalue weighted by atomic mass is 16.5. The van der Waals surface area contributed by atoms with Gasteiger partial charge in [-0.05, 0) is 55.0 Å². The normalized spacial score (nSPS) is 10.6. The van der Waals surface area contributed by atoms with Gasteiger partial charge in [0, 0.05) is 11.1 Å². The van der Waals surface area contributed by atoms with Crippen LogP contribution in [-0.2, 0) is 0 Å². The van der Waals surface area contributed by atoms with E-state index in [1.54, 1.807) is 12.1 Å². The summed E-state index contributed by atoms with van der Waals surface area (Å²) in [4.78, 5) is 10.9. The lowest BCUT2D eigenvalue weighted by molar-refractivity contribution is 0.0697. The van der Waals surface area contributed by atoms with E-state index in [9.17, 15) is 4.79 Å². The number of nitrogens with zero attached hydrogens (tertiary/aromatic N) is 2. The first-order valence-electron chi connectivity index (χ1n) is 8.08. The zero-order valence-corrected chi connectivity index (χ0v) is 13.8. The molecule has 3 aromatic rings. The van der Waals surface area contributed by atoms with E-state index in [0.717, 1.165) is 24.2 Å². The number of rotatable bonds is 7. The summed E-state index contributed by atoms with van der Waals surface area (Å²) < 4.78 is 11.3. The summed E-state index contributed by atoms with van der Waals surface area (Å²) in [5.74, 6) is 0.577. The summed E-state index contributed by atoms with van der Waals surface area (Å²) in [5.41, 5.74) is 1.68. The molecule has 0 bridgehead atoms. The molecule has 0 aliphatic carbocycles. The zero-order valence-electron chi connectivity index (χ0n) is 13.8. The number of hydrogen-bond donors (Lipinski definition) is 1. The fourth-order valence-electron chi connectivity index (χ4n) is 2.24. The molecule has 1 N–H and O–H groups in total. The largest absolute Gasteiger partial charge is 0.494 e. The van der Waals surface area contributed by atoms with Gasteiger partial charge in [-0.2, -0.15) is 0 Å². The van der Waals surface area contributed by atoms with Gasteiger partial charge < -0.3 is 14.3 Å². The van der Waals surface area contributed by atoms with Gasteiger partial charge in [0.05, 0.1) is 12.2 Å². The van der Waals surface area contributed by atoms with Crippen molar-refractivity contribution in [1.29, 1.82) is 0 Å². The van der Waals surface area contributed by atoms with Gasteiger partial charge in [-0.15, -0.1) is 10.2 Å². The minimum Gasteiger partial charge on any atom is -0.494 e. The number of aromatic nitrogens is 2. The lowest BCUT2D eigenvalue weighted by Crippen LogP contribution is -1.95. The maximum absolute atomic E-state index is 10.9. The van der Waals surface area contributed by atoms with E-state index < -0.39 is 5.97 Å². The molecule has 0 atom stereocenters. The molecule has 128 valence electrons. The predicted octanol–water partition coefficient (Wildman–Crippen LogP) is 4.28. The molecule has 1 aromatic heterocycles. The van der Waals surface area contributed by atoms with Crippen LogP contribution in [0.1, 0.15) is 30.1 Å². The van der Waals surface area contributed by atoms with Crippen molar-refractivity contribution in [2.45, 2.75) is 19.8 Å². The van der Waals surface area contributed by atoms with Gasteiger partial charge in [0.1, 0.15) is 5.75 Å². The molecule has 0 saturated heterocycles. The number of hydrogen-bond acceptors (Lipinski definition) is 5. The van der Waals surface area contributed by atoms with Crippen LogP contribution in [0.4, 0.5) is 0 Å². The number of benzene rings is 2. The van der Waals surface area contributed by atoms with Crippen LogP contribution in [0, 0.1) is 0 Å². The lowest BCUT2D eigenvalue weighted by Gasteiger charge is -2.05. The number of carbonyl (C=O) groups is 1. The Morgan fingerprint density at radius 1 is 1.00 bits per heavy atom. The Balaban J connectivity index is 1.73. The van der Waals surface area contributed by atoms with Gasteiger partial charge in [0.15, 0.2) is 0 Å². The van der Waals surface area contributed by atoms with Crippen molar-refractivity contribution in [3.8, 4) is 28.7 Å². The van der Waals surface area contributed by atoms with Crippen molar-refractivity contribution >= 4 is 5.97 Å². The van der Waals surface area contributed by atoms with Gasteiger partial charge in [-0.25, -0.2) is 4.79 Å². The van der Waals surface area contributed by atoms with E-state index >= 15 is 0 Å². The first-order valence-corrected chi connectivity index (χ1v) is 8.08. The van der Waals surface area contributed by atoms with Crippen LogP contribution < -0.4 is 4.74 Å². The molecule has 0 amide bonds. The quantitative estimate of drug-likeness (QED) is 0.647. The standard InChI is InChI=1S/C19H18N2O4/c1-2-3-12-24-16-10-8-14(9-11-16)18-21-20-17(25-18)13-4-6-15(7-5-13)19(22)23/h4-11H,2-3,12H2,1H3,(H,22,23). The third-order valence-corrected chi connectivity index (χ3v) is 3.67. The van der Waals surface area contributed by atoms with Crippen LogP contribution >= 0.6 is 0 Å². The van der Waals surface area contributed by atoms with E-state index in [2.05, 4.69) is 17.1 Å². The van der Waals surface area contributed by atoms with Crippen molar-refractivity contribution in [1.82, 2.24) is 10.2 Å². The summed E-state index contributed by atoms with van der Waals surface area (Å²) in [7, 11) is 0. The minimum absolute atomic E-state index is 0.210. The average molecular weight is 338 g/mol. The van der Waals surface area contributed by atoms with Crippen molar-refractivity contribution in [3.63, 3.8) is 0 Å². The van der Waals surface area contributed by atoms with Crippen LogP contribution in [0.25, 0.3) is 22.9 Å². The van der Waals surface area contributed by atoms with E-state index in [1.807, 2.05) is 24.3 Å². The van der Waals surface area contributed by atoms with Gasteiger partial charge in [0.2, 0.25) is 11.8 Å². The zero-order chi connectivity index (χ0) is 17.6. The molecule has 0 aliphatic rings. The van der Waals surface area contributed by atoms with Crippen LogP contribution in [0.15, 0.2) is 52.9 Å². The Bertz CT molecular complexity index is 839. The SMILES string of the molecule is CCCCOc1ccc(-c2nnc(-c3ccc(C(=O)O)cc3)o2)cc1. The predicted molar refractivity (Wildman–Crippen MR) is 92.5 cm³/mol. The molecule has 0 unspecified atom stereocenters. The molecule has 0 spiro atoms. The fourth-order valence-corrected chi connectivity index (χ4v) is 2.24. The Kier molecular flexibility index (Phi) is 5.09. The number of carboxylic acids is 1. The molecular formula is C19H18N2O4. The third-order valence-electron chi connectivity index (χ3n) is 3.67.